The Hall–Kier alpha value is -3.36. The van der Waals surface area contributed by atoms with Crippen molar-refractivity contribution in [3.8, 4) is 5.75 Å². The summed E-state index contributed by atoms with van der Waals surface area (Å²) in [6.45, 7) is 0.387. The molecule has 32 heavy (non-hydrogen) atoms. The number of carbonyl (C=O) groups is 1. The molecule has 0 fully saturated rings. The van der Waals surface area contributed by atoms with Gasteiger partial charge in [0.25, 0.3) is 15.9 Å². The number of nitrogens with one attached hydrogen (secondary N) is 2. The molecule has 0 radical (unpaired) electrons. The molecule has 0 spiro atoms. The molecule has 1 atom stereocenters. The Balaban J connectivity index is 1.69. The third-order valence-corrected chi connectivity index (χ3v) is 6.41. The number of amides is 1. The van der Waals surface area contributed by atoms with Crippen LogP contribution in [0.4, 0.5) is 5.69 Å². The minimum Gasteiger partial charge on any atom is -0.497 e. The van der Waals surface area contributed by atoms with Gasteiger partial charge in [0.15, 0.2) is 0 Å². The van der Waals surface area contributed by atoms with Crippen LogP contribution in [0.5, 0.6) is 5.75 Å². The zero-order chi connectivity index (χ0) is 23.1. The molecule has 168 valence electrons. The summed E-state index contributed by atoms with van der Waals surface area (Å²) in [6.07, 6.45) is 0. The third kappa shape index (κ3) is 5.87. The summed E-state index contributed by atoms with van der Waals surface area (Å²) < 4.78 is 32.8. The Morgan fingerprint density at radius 1 is 0.969 bits per heavy atom. The van der Waals surface area contributed by atoms with Crippen LogP contribution in [0.15, 0.2) is 83.8 Å². The molecule has 2 N–H and O–H groups in total. The van der Waals surface area contributed by atoms with E-state index >= 15 is 0 Å². The highest BCUT2D eigenvalue weighted by molar-refractivity contribution is 7.92. The molecule has 0 aliphatic heterocycles. The number of hydrogen-bond donors (Lipinski definition) is 2. The van der Waals surface area contributed by atoms with Gasteiger partial charge < -0.3 is 15.0 Å². The van der Waals surface area contributed by atoms with E-state index in [1.165, 1.54) is 18.2 Å². The highest BCUT2D eigenvalue weighted by Gasteiger charge is 2.17. The van der Waals surface area contributed by atoms with Crippen LogP contribution >= 0.6 is 0 Å². The molecule has 0 aromatic heterocycles. The van der Waals surface area contributed by atoms with E-state index in [1.807, 2.05) is 43.3 Å². The fourth-order valence-corrected chi connectivity index (χ4v) is 4.32. The number of hydrogen-bond acceptors (Lipinski definition) is 5. The predicted molar refractivity (Wildman–Crippen MR) is 125 cm³/mol. The van der Waals surface area contributed by atoms with E-state index in [9.17, 15) is 13.2 Å². The van der Waals surface area contributed by atoms with E-state index in [2.05, 4.69) is 10.0 Å². The molecule has 0 heterocycles. The lowest BCUT2D eigenvalue weighted by Gasteiger charge is -2.25. The quantitative estimate of drug-likeness (QED) is 0.518. The average Bonchev–Trinajstić information content (AvgIpc) is 2.80. The average molecular weight is 454 g/mol. The Labute approximate surface area is 189 Å². The molecule has 7 nitrogen and oxygen atoms in total. The Morgan fingerprint density at radius 3 is 2.28 bits per heavy atom. The van der Waals surface area contributed by atoms with Gasteiger partial charge in [-0.1, -0.05) is 36.4 Å². The predicted octanol–water partition coefficient (Wildman–Crippen LogP) is 3.53. The summed E-state index contributed by atoms with van der Waals surface area (Å²) in [4.78, 5) is 14.9. The molecule has 0 unspecified atom stereocenters. The number of anilines is 1. The van der Waals surface area contributed by atoms with E-state index in [0.717, 1.165) is 11.3 Å². The number of likely N-dealkylation sites (N-methyl/N-ethyl adjacent to an activating group) is 1. The second kappa shape index (κ2) is 10.3. The molecule has 3 rings (SSSR count). The molecular formula is C24H27N3O4S. The fourth-order valence-electron chi connectivity index (χ4n) is 3.25. The lowest BCUT2D eigenvalue weighted by atomic mass is 10.1. The minimum atomic E-state index is -3.73. The summed E-state index contributed by atoms with van der Waals surface area (Å²) in [5.41, 5.74) is 1.73. The number of sulfonamides is 1. The molecule has 0 aliphatic rings. The van der Waals surface area contributed by atoms with Gasteiger partial charge >= 0.3 is 0 Å². The van der Waals surface area contributed by atoms with Gasteiger partial charge in [-0.2, -0.15) is 0 Å². The summed E-state index contributed by atoms with van der Waals surface area (Å²) >= 11 is 0. The first-order valence-corrected chi connectivity index (χ1v) is 11.5. The molecule has 0 bridgehead atoms. The Bertz CT molecular complexity index is 1150. The van der Waals surface area contributed by atoms with Crippen LogP contribution in [0.3, 0.4) is 0 Å². The van der Waals surface area contributed by atoms with E-state index in [0.29, 0.717) is 17.8 Å². The summed E-state index contributed by atoms with van der Waals surface area (Å²) in [7, 11) is 1.77. The zero-order valence-electron chi connectivity index (χ0n) is 18.3. The van der Waals surface area contributed by atoms with Crippen LogP contribution < -0.4 is 14.8 Å². The number of ether oxygens (including phenoxy) is 1. The lowest BCUT2D eigenvalue weighted by Crippen LogP contribution is -2.34. The van der Waals surface area contributed by atoms with Crippen LogP contribution in [0, 0.1) is 0 Å². The van der Waals surface area contributed by atoms with Crippen molar-refractivity contribution in [2.75, 3.05) is 32.5 Å². The van der Waals surface area contributed by atoms with Crippen LogP contribution in [0.1, 0.15) is 22.0 Å². The van der Waals surface area contributed by atoms with Crippen molar-refractivity contribution in [2.24, 2.45) is 0 Å². The van der Waals surface area contributed by atoms with Gasteiger partial charge in [-0.25, -0.2) is 8.42 Å². The van der Waals surface area contributed by atoms with Crippen molar-refractivity contribution in [1.29, 1.82) is 0 Å². The summed E-state index contributed by atoms with van der Waals surface area (Å²) in [6, 6.07) is 22.2. The number of nitrogens with zero attached hydrogens (tertiary/aromatic N) is 1. The third-order valence-electron chi connectivity index (χ3n) is 5.01. The SMILES string of the molecule is COc1ccc([C@@H](CNC(=O)c2cccc(NS(=O)(=O)c3ccccc3)c2)N(C)C)cc1. The zero-order valence-corrected chi connectivity index (χ0v) is 19.1. The van der Waals surface area contributed by atoms with Crippen molar-refractivity contribution in [1.82, 2.24) is 10.2 Å². The van der Waals surface area contributed by atoms with Gasteiger partial charge in [0.1, 0.15) is 5.75 Å². The van der Waals surface area contributed by atoms with Gasteiger partial charge in [0.2, 0.25) is 0 Å². The van der Waals surface area contributed by atoms with E-state index in [1.54, 1.807) is 43.5 Å². The monoisotopic (exact) mass is 453 g/mol. The maximum Gasteiger partial charge on any atom is 0.261 e. The van der Waals surface area contributed by atoms with Gasteiger partial charge in [-0.3, -0.25) is 9.52 Å². The van der Waals surface area contributed by atoms with Gasteiger partial charge in [0, 0.05) is 17.8 Å². The van der Waals surface area contributed by atoms with Crippen molar-refractivity contribution in [3.63, 3.8) is 0 Å². The number of carbonyl (C=O) groups excluding carboxylic acids is 1. The second-order valence-electron chi connectivity index (χ2n) is 7.46. The molecule has 3 aromatic rings. The van der Waals surface area contributed by atoms with Crippen LogP contribution in [-0.2, 0) is 10.0 Å². The van der Waals surface area contributed by atoms with Crippen molar-refractivity contribution in [3.05, 3.63) is 90.0 Å². The normalized spacial score (nSPS) is 12.2. The van der Waals surface area contributed by atoms with Gasteiger partial charge in [-0.15, -0.1) is 0 Å². The lowest BCUT2D eigenvalue weighted by molar-refractivity contribution is 0.0942. The molecule has 1 amide bonds. The smallest absolute Gasteiger partial charge is 0.261 e. The molecule has 0 saturated carbocycles. The van der Waals surface area contributed by atoms with Crippen molar-refractivity contribution in [2.45, 2.75) is 10.9 Å². The minimum absolute atomic E-state index is 0.0374. The van der Waals surface area contributed by atoms with Crippen LogP contribution in [-0.4, -0.2) is 47.0 Å². The van der Waals surface area contributed by atoms with Crippen molar-refractivity contribution >= 4 is 21.6 Å². The second-order valence-corrected chi connectivity index (χ2v) is 9.14. The Kier molecular flexibility index (Phi) is 7.50. The van der Waals surface area contributed by atoms with Crippen LogP contribution in [0.2, 0.25) is 0 Å². The molecule has 8 heteroatoms. The highest BCUT2D eigenvalue weighted by atomic mass is 32.2. The van der Waals surface area contributed by atoms with Gasteiger partial charge in [0.05, 0.1) is 18.0 Å². The first-order chi connectivity index (χ1) is 15.3. The van der Waals surface area contributed by atoms with E-state index in [4.69, 9.17) is 4.74 Å². The van der Waals surface area contributed by atoms with Crippen molar-refractivity contribution < 1.29 is 17.9 Å². The highest BCUT2D eigenvalue weighted by Crippen LogP contribution is 2.21. The fraction of sp³-hybridized carbons (Fsp3) is 0.208. The van der Waals surface area contributed by atoms with Crippen LogP contribution in [0.25, 0.3) is 0 Å². The first kappa shape index (κ1) is 23.3. The van der Waals surface area contributed by atoms with E-state index < -0.39 is 10.0 Å². The number of methoxy groups -OCH3 is 1. The van der Waals surface area contributed by atoms with Gasteiger partial charge in [-0.05, 0) is 62.1 Å². The molecular weight excluding hydrogens is 426 g/mol. The Morgan fingerprint density at radius 2 is 1.66 bits per heavy atom. The molecule has 3 aromatic carbocycles. The molecule has 0 saturated heterocycles. The maximum atomic E-state index is 12.8. The number of benzene rings is 3. The number of rotatable bonds is 9. The maximum absolute atomic E-state index is 12.8. The topological polar surface area (TPSA) is 87.7 Å². The first-order valence-electron chi connectivity index (χ1n) is 10.1. The largest absolute Gasteiger partial charge is 0.497 e. The summed E-state index contributed by atoms with van der Waals surface area (Å²) in [5, 5.41) is 2.94. The summed E-state index contributed by atoms with van der Waals surface area (Å²) in [5.74, 6) is 0.483. The van der Waals surface area contributed by atoms with E-state index in [-0.39, 0.29) is 16.8 Å². The standard InChI is InChI=1S/C24H27N3O4S/c1-27(2)23(18-12-14-21(31-3)15-13-18)17-25-24(28)19-8-7-9-20(16-19)26-32(29,30)22-10-5-4-6-11-22/h4-16,23,26H,17H2,1-3H3,(H,25,28)/t23-/m1/s1. The molecule has 0 aliphatic carbocycles.